The fourth-order valence-electron chi connectivity index (χ4n) is 7.98. The molecular weight excluding hydrogens is 651 g/mol. The summed E-state index contributed by atoms with van der Waals surface area (Å²) in [6, 6.07) is 63.1. The van der Waals surface area contributed by atoms with E-state index in [0.717, 1.165) is 33.8 Å². The lowest BCUT2D eigenvalue weighted by atomic mass is 10.00. The normalized spacial score (nSPS) is 11.8. The van der Waals surface area contributed by atoms with E-state index >= 15 is 0 Å². The Morgan fingerprint density at radius 3 is 1.71 bits per heavy atom. The Kier molecular flexibility index (Phi) is 6.42. The van der Waals surface area contributed by atoms with Crippen molar-refractivity contribution < 1.29 is 0 Å². The third kappa shape index (κ3) is 4.51. The number of aromatic nitrogens is 3. The largest absolute Gasteiger partial charge is 0.309 e. The monoisotopic (exact) mass is 679 g/mol. The minimum absolute atomic E-state index is 0.699. The van der Waals surface area contributed by atoms with Crippen LogP contribution in [0.2, 0.25) is 0 Å². The van der Waals surface area contributed by atoms with Crippen LogP contribution in [0.3, 0.4) is 0 Å². The molecule has 0 radical (unpaired) electrons. The summed E-state index contributed by atoms with van der Waals surface area (Å²) < 4.78 is 4.98. The smallest absolute Gasteiger partial charge is 0.160 e. The lowest BCUT2D eigenvalue weighted by molar-refractivity contribution is 1.16. The van der Waals surface area contributed by atoms with Crippen molar-refractivity contribution in [1.82, 2.24) is 14.5 Å². The van der Waals surface area contributed by atoms with Crippen LogP contribution in [-0.4, -0.2) is 14.5 Å². The van der Waals surface area contributed by atoms with Crippen molar-refractivity contribution in [2.24, 2.45) is 0 Å². The highest BCUT2D eigenvalue weighted by Crippen LogP contribution is 2.41. The molecule has 3 nitrogen and oxygen atoms in total. The maximum absolute atomic E-state index is 5.28. The molecule has 0 spiro atoms. The van der Waals surface area contributed by atoms with Gasteiger partial charge in [0.05, 0.1) is 22.4 Å². The van der Waals surface area contributed by atoms with E-state index in [1.54, 1.807) is 0 Å². The van der Waals surface area contributed by atoms with Gasteiger partial charge in [0.25, 0.3) is 0 Å². The first-order chi connectivity index (χ1) is 25.8. The van der Waals surface area contributed by atoms with Crippen LogP contribution in [0.15, 0.2) is 176 Å². The fourth-order valence-corrected chi connectivity index (χ4v) is 9.06. The van der Waals surface area contributed by atoms with E-state index in [1.165, 1.54) is 63.5 Å². The first-order valence-corrected chi connectivity index (χ1v) is 18.4. The van der Waals surface area contributed by atoms with E-state index in [4.69, 9.17) is 9.97 Å². The van der Waals surface area contributed by atoms with E-state index < -0.39 is 0 Å². The highest BCUT2D eigenvalue weighted by Gasteiger charge is 2.19. The highest BCUT2D eigenvalue weighted by atomic mass is 32.1. The average molecular weight is 680 g/mol. The number of benzene rings is 8. The molecule has 0 atom stereocenters. The van der Waals surface area contributed by atoms with Crippen LogP contribution in [0.1, 0.15) is 0 Å². The lowest BCUT2D eigenvalue weighted by Crippen LogP contribution is -1.98. The van der Waals surface area contributed by atoms with Crippen molar-refractivity contribution in [3.63, 3.8) is 0 Å². The van der Waals surface area contributed by atoms with Gasteiger partial charge in [-0.3, -0.25) is 0 Å². The Morgan fingerprint density at radius 1 is 0.385 bits per heavy atom. The van der Waals surface area contributed by atoms with Gasteiger partial charge < -0.3 is 4.57 Å². The minimum atomic E-state index is 0.699. The van der Waals surface area contributed by atoms with Crippen molar-refractivity contribution in [2.75, 3.05) is 0 Å². The van der Waals surface area contributed by atoms with Crippen LogP contribution in [0.4, 0.5) is 0 Å². The molecule has 3 aromatic heterocycles. The van der Waals surface area contributed by atoms with Gasteiger partial charge in [-0.25, -0.2) is 9.97 Å². The molecule has 0 saturated carbocycles. The number of thiophene rings is 1. The summed E-state index contributed by atoms with van der Waals surface area (Å²) in [5, 5.41) is 10.1. The van der Waals surface area contributed by atoms with Crippen LogP contribution in [-0.2, 0) is 0 Å². The van der Waals surface area contributed by atoms with E-state index in [2.05, 4.69) is 174 Å². The molecule has 11 aromatic rings. The van der Waals surface area contributed by atoms with Crippen molar-refractivity contribution >= 4 is 74.9 Å². The number of hydrogen-bond acceptors (Lipinski definition) is 3. The third-order valence-electron chi connectivity index (χ3n) is 10.4. The Morgan fingerprint density at radius 2 is 0.981 bits per heavy atom. The molecule has 11 rings (SSSR count). The average Bonchev–Trinajstić information content (AvgIpc) is 3.77. The summed E-state index contributed by atoms with van der Waals surface area (Å²) >= 11 is 1.83. The van der Waals surface area contributed by atoms with Crippen LogP contribution in [0, 0.1) is 0 Å². The van der Waals surface area contributed by atoms with Crippen molar-refractivity contribution in [3.05, 3.63) is 176 Å². The van der Waals surface area contributed by atoms with Gasteiger partial charge in [-0.15, -0.1) is 11.3 Å². The van der Waals surface area contributed by atoms with E-state index in [-0.39, 0.29) is 0 Å². The molecule has 0 unspecified atom stereocenters. The predicted molar refractivity (Wildman–Crippen MR) is 221 cm³/mol. The van der Waals surface area contributed by atoms with Gasteiger partial charge in [0.1, 0.15) is 0 Å². The van der Waals surface area contributed by atoms with E-state index in [1.807, 2.05) is 17.4 Å². The van der Waals surface area contributed by atoms with Crippen LogP contribution in [0.25, 0.3) is 103 Å². The molecule has 242 valence electrons. The summed E-state index contributed by atoms with van der Waals surface area (Å²) in [4.78, 5) is 10.5. The molecule has 8 aromatic carbocycles. The lowest BCUT2D eigenvalue weighted by Gasteiger charge is -2.12. The third-order valence-corrected chi connectivity index (χ3v) is 11.5. The predicted octanol–water partition coefficient (Wildman–Crippen LogP) is 13.2. The van der Waals surface area contributed by atoms with Crippen molar-refractivity contribution in [3.8, 4) is 39.6 Å². The topological polar surface area (TPSA) is 30.7 Å². The van der Waals surface area contributed by atoms with Crippen LogP contribution in [0.5, 0.6) is 0 Å². The molecule has 0 saturated heterocycles. The molecular formula is C48H29N3S. The summed E-state index contributed by atoms with van der Waals surface area (Å²) in [5.74, 6) is 0.699. The quantitative estimate of drug-likeness (QED) is 0.185. The molecule has 0 fully saturated rings. The van der Waals surface area contributed by atoms with Gasteiger partial charge in [0.15, 0.2) is 5.82 Å². The second-order valence-electron chi connectivity index (χ2n) is 13.4. The Bertz CT molecular complexity index is 3100. The van der Waals surface area contributed by atoms with Gasteiger partial charge in [-0.05, 0) is 70.1 Å². The van der Waals surface area contributed by atoms with Crippen molar-refractivity contribution in [2.45, 2.75) is 0 Å². The molecule has 0 bridgehead atoms. The molecule has 0 amide bonds. The molecule has 52 heavy (non-hydrogen) atoms. The zero-order chi connectivity index (χ0) is 34.2. The first-order valence-electron chi connectivity index (χ1n) is 17.6. The summed E-state index contributed by atoms with van der Waals surface area (Å²) in [6.07, 6.45) is 0. The summed E-state index contributed by atoms with van der Waals surface area (Å²) in [7, 11) is 0. The second-order valence-corrected chi connectivity index (χ2v) is 14.5. The maximum Gasteiger partial charge on any atom is 0.160 e. The molecule has 0 N–H and O–H groups in total. The Balaban J connectivity index is 1.14. The molecule has 4 heteroatoms. The standard InChI is InChI=1S/C48H29N3S/c1-2-13-32(14-3-1)40-29-41(33-23-26-45-39(28-33)38-19-8-9-20-44(38)52-45)50-48(49-40)34-15-10-16-35(27-34)51-42-24-21-30-11-4-6-17-36(30)46(42)47-37-18-7-5-12-31(37)22-25-43(47)51/h1-29H. The fraction of sp³-hybridized carbons (Fsp3) is 0. The van der Waals surface area contributed by atoms with Crippen molar-refractivity contribution in [1.29, 1.82) is 0 Å². The molecule has 0 aliphatic heterocycles. The van der Waals surface area contributed by atoms with Crippen LogP contribution < -0.4 is 0 Å². The van der Waals surface area contributed by atoms with Gasteiger partial charge in [-0.2, -0.15) is 0 Å². The summed E-state index contributed by atoms with van der Waals surface area (Å²) in [6.45, 7) is 0. The first kappa shape index (κ1) is 29.1. The molecule has 3 heterocycles. The van der Waals surface area contributed by atoms with Gasteiger partial charge in [0.2, 0.25) is 0 Å². The van der Waals surface area contributed by atoms with Gasteiger partial charge >= 0.3 is 0 Å². The van der Waals surface area contributed by atoms with Gasteiger partial charge in [-0.1, -0.05) is 127 Å². The maximum atomic E-state index is 5.28. The second kappa shape index (κ2) is 11.5. The SMILES string of the molecule is c1ccc(-c2cc(-c3ccc4sc5ccccc5c4c3)nc(-c3cccc(-n4c5ccc6ccccc6c5c5c6ccccc6ccc54)c3)n2)cc1. The molecule has 0 aliphatic rings. The van der Waals surface area contributed by atoms with Gasteiger partial charge in [0, 0.05) is 53.3 Å². The number of hydrogen-bond donors (Lipinski definition) is 0. The van der Waals surface area contributed by atoms with Crippen LogP contribution >= 0.6 is 11.3 Å². The zero-order valence-electron chi connectivity index (χ0n) is 28.0. The number of nitrogens with zero attached hydrogens (tertiary/aromatic N) is 3. The summed E-state index contributed by atoms with van der Waals surface area (Å²) in [5.41, 5.74) is 8.34. The minimum Gasteiger partial charge on any atom is -0.309 e. The Hall–Kier alpha value is -6.62. The Labute approximate surface area is 303 Å². The van der Waals surface area contributed by atoms with E-state index in [0.29, 0.717) is 5.82 Å². The molecule has 0 aliphatic carbocycles. The van der Waals surface area contributed by atoms with E-state index in [9.17, 15) is 0 Å². The number of rotatable bonds is 4. The highest BCUT2D eigenvalue weighted by molar-refractivity contribution is 7.25. The number of fused-ring (bicyclic) bond motifs is 10. The zero-order valence-corrected chi connectivity index (χ0v) is 28.8.